The summed E-state index contributed by atoms with van der Waals surface area (Å²) in [5.74, 6) is 0. The average molecular weight is 128 g/mol. The normalized spacial score (nSPS) is 34.8. The first-order valence-electron chi connectivity index (χ1n) is 3.18. The predicted octanol–water partition coefficient (Wildman–Crippen LogP) is 1.33. The summed E-state index contributed by atoms with van der Waals surface area (Å²) in [6.07, 6.45) is 2.76. The molecule has 1 aliphatic heterocycles. The Morgan fingerprint density at radius 3 is 2.78 bits per heavy atom. The fraction of sp³-hybridized carbons (Fsp3) is 0.714. The fourth-order valence-corrected chi connectivity index (χ4v) is 0.881. The zero-order valence-electron chi connectivity index (χ0n) is 5.72. The van der Waals surface area contributed by atoms with E-state index in [9.17, 15) is 0 Å². The Bertz CT molecular complexity index is 103. The smallest absolute Gasteiger partial charge is 0.148 e. The number of hydrogen-bond acceptors (Lipinski definition) is 2. The molecule has 1 saturated heterocycles. The van der Waals surface area contributed by atoms with Crippen LogP contribution in [0.3, 0.4) is 0 Å². The van der Waals surface area contributed by atoms with Gasteiger partial charge in [0.25, 0.3) is 0 Å². The van der Waals surface area contributed by atoms with E-state index in [1.165, 1.54) is 0 Å². The largest absolute Gasteiger partial charge is 0.352 e. The molecule has 52 valence electrons. The Balaban J connectivity index is 2.55. The van der Waals surface area contributed by atoms with Gasteiger partial charge in [0.2, 0.25) is 0 Å². The molecule has 2 heteroatoms. The van der Waals surface area contributed by atoms with Gasteiger partial charge in [0.15, 0.2) is 0 Å². The van der Waals surface area contributed by atoms with Gasteiger partial charge in [-0.25, -0.2) is 0 Å². The van der Waals surface area contributed by atoms with Crippen LogP contribution in [0.5, 0.6) is 0 Å². The van der Waals surface area contributed by atoms with Gasteiger partial charge in [0, 0.05) is 0 Å². The first kappa shape index (κ1) is 6.78. The first-order chi connectivity index (χ1) is 4.33. The fourth-order valence-electron chi connectivity index (χ4n) is 0.881. The highest BCUT2D eigenvalue weighted by Crippen LogP contribution is 2.22. The molecule has 0 spiro atoms. The van der Waals surface area contributed by atoms with Crippen molar-refractivity contribution in [3.63, 3.8) is 0 Å². The summed E-state index contributed by atoms with van der Waals surface area (Å²) in [4.78, 5) is 0. The Morgan fingerprint density at radius 2 is 2.56 bits per heavy atom. The van der Waals surface area contributed by atoms with E-state index >= 15 is 0 Å². The topological polar surface area (TPSA) is 18.5 Å². The molecule has 1 fully saturated rings. The van der Waals surface area contributed by atoms with Crippen LogP contribution in [-0.2, 0) is 9.47 Å². The Morgan fingerprint density at radius 1 is 1.78 bits per heavy atom. The van der Waals surface area contributed by atoms with Crippen molar-refractivity contribution in [3.8, 4) is 0 Å². The second-order valence-corrected chi connectivity index (χ2v) is 2.23. The zero-order valence-corrected chi connectivity index (χ0v) is 5.72. The van der Waals surface area contributed by atoms with E-state index in [4.69, 9.17) is 9.47 Å². The quantitative estimate of drug-likeness (QED) is 0.522. The Hall–Kier alpha value is -0.340. The minimum atomic E-state index is -0.181. The van der Waals surface area contributed by atoms with Gasteiger partial charge in [-0.3, -0.25) is 0 Å². The highest BCUT2D eigenvalue weighted by Gasteiger charge is 2.30. The van der Waals surface area contributed by atoms with Crippen molar-refractivity contribution < 1.29 is 9.47 Å². The molecule has 0 aromatic heterocycles. The number of rotatable bonds is 2. The summed E-state index contributed by atoms with van der Waals surface area (Å²) in [6.45, 7) is 6.82. The van der Waals surface area contributed by atoms with Gasteiger partial charge in [0.05, 0.1) is 6.61 Å². The molecule has 0 amide bonds. The summed E-state index contributed by atoms with van der Waals surface area (Å²) in [5, 5.41) is 0. The molecule has 2 nitrogen and oxygen atoms in total. The third-order valence-corrected chi connectivity index (χ3v) is 1.75. The lowest BCUT2D eigenvalue weighted by Crippen LogP contribution is -2.26. The lowest BCUT2D eigenvalue weighted by Gasteiger charge is -2.18. The minimum absolute atomic E-state index is 0.181. The van der Waals surface area contributed by atoms with E-state index < -0.39 is 0 Å². The molecule has 0 radical (unpaired) electrons. The first-order valence-corrected chi connectivity index (χ1v) is 3.18. The molecule has 1 atom stereocenters. The van der Waals surface area contributed by atoms with Gasteiger partial charge in [-0.2, -0.15) is 0 Å². The summed E-state index contributed by atoms with van der Waals surface area (Å²) < 4.78 is 10.3. The van der Waals surface area contributed by atoms with Crippen LogP contribution in [0.25, 0.3) is 0 Å². The van der Waals surface area contributed by atoms with Crippen molar-refractivity contribution >= 4 is 0 Å². The lowest BCUT2D eigenvalue weighted by molar-refractivity contribution is 0.0157. The molecule has 0 bridgehead atoms. The third-order valence-electron chi connectivity index (χ3n) is 1.75. The maximum Gasteiger partial charge on any atom is 0.148 e. The summed E-state index contributed by atoms with van der Waals surface area (Å²) in [6, 6.07) is 0. The Labute approximate surface area is 55.5 Å². The Kier molecular flexibility index (Phi) is 1.88. The lowest BCUT2D eigenvalue weighted by atomic mass is 10.0. The van der Waals surface area contributed by atoms with E-state index in [0.29, 0.717) is 13.4 Å². The van der Waals surface area contributed by atoms with Crippen LogP contribution in [-0.4, -0.2) is 19.0 Å². The van der Waals surface area contributed by atoms with Crippen LogP contribution in [0.1, 0.15) is 13.3 Å². The molecule has 0 aromatic rings. The van der Waals surface area contributed by atoms with Crippen LogP contribution in [0, 0.1) is 0 Å². The second kappa shape index (κ2) is 2.50. The van der Waals surface area contributed by atoms with Crippen LogP contribution >= 0.6 is 0 Å². The highest BCUT2D eigenvalue weighted by atomic mass is 16.7. The van der Waals surface area contributed by atoms with E-state index in [-0.39, 0.29) is 5.60 Å². The maximum atomic E-state index is 5.30. The van der Waals surface area contributed by atoms with Gasteiger partial charge in [-0.1, -0.05) is 13.0 Å². The van der Waals surface area contributed by atoms with Gasteiger partial charge < -0.3 is 9.47 Å². The summed E-state index contributed by atoms with van der Waals surface area (Å²) in [5.41, 5.74) is -0.181. The zero-order chi connectivity index (χ0) is 6.74. The molecular formula is C7H12O2. The maximum absolute atomic E-state index is 5.30. The minimum Gasteiger partial charge on any atom is -0.352 e. The average Bonchev–Trinajstić information content (AvgIpc) is 2.36. The molecule has 1 aliphatic rings. The molecule has 1 rings (SSSR count). The molecule has 0 aromatic carbocycles. The SMILES string of the molecule is C=CC1(CC)COCO1. The molecular weight excluding hydrogens is 116 g/mol. The summed E-state index contributed by atoms with van der Waals surface area (Å²) in [7, 11) is 0. The molecule has 0 N–H and O–H groups in total. The number of hydrogen-bond donors (Lipinski definition) is 0. The number of ether oxygens (including phenoxy) is 2. The standard InChI is InChI=1S/C7H12O2/c1-3-7(4-2)5-8-6-9-7/h3H,1,4-6H2,2H3. The van der Waals surface area contributed by atoms with E-state index in [0.717, 1.165) is 6.42 Å². The van der Waals surface area contributed by atoms with Gasteiger partial charge in [-0.15, -0.1) is 6.58 Å². The molecule has 1 unspecified atom stereocenters. The molecule has 0 aliphatic carbocycles. The van der Waals surface area contributed by atoms with E-state index in [1.807, 2.05) is 6.08 Å². The van der Waals surface area contributed by atoms with Crippen molar-refractivity contribution in [2.45, 2.75) is 18.9 Å². The second-order valence-electron chi connectivity index (χ2n) is 2.23. The highest BCUT2D eigenvalue weighted by molar-refractivity contribution is 4.97. The molecule has 1 heterocycles. The van der Waals surface area contributed by atoms with E-state index in [1.54, 1.807) is 0 Å². The van der Waals surface area contributed by atoms with Crippen LogP contribution < -0.4 is 0 Å². The monoisotopic (exact) mass is 128 g/mol. The van der Waals surface area contributed by atoms with Gasteiger partial charge in [0.1, 0.15) is 12.4 Å². The van der Waals surface area contributed by atoms with Crippen molar-refractivity contribution in [3.05, 3.63) is 12.7 Å². The van der Waals surface area contributed by atoms with Gasteiger partial charge >= 0.3 is 0 Å². The van der Waals surface area contributed by atoms with Crippen molar-refractivity contribution in [2.24, 2.45) is 0 Å². The molecule has 9 heavy (non-hydrogen) atoms. The third kappa shape index (κ3) is 1.14. The van der Waals surface area contributed by atoms with Crippen LogP contribution in [0.4, 0.5) is 0 Å². The predicted molar refractivity (Wildman–Crippen MR) is 35.1 cm³/mol. The summed E-state index contributed by atoms with van der Waals surface area (Å²) >= 11 is 0. The molecule has 0 saturated carbocycles. The van der Waals surface area contributed by atoms with Crippen molar-refractivity contribution in [1.29, 1.82) is 0 Å². The van der Waals surface area contributed by atoms with Gasteiger partial charge in [-0.05, 0) is 6.42 Å². The van der Waals surface area contributed by atoms with Crippen molar-refractivity contribution in [1.82, 2.24) is 0 Å². The van der Waals surface area contributed by atoms with E-state index in [2.05, 4.69) is 13.5 Å². The van der Waals surface area contributed by atoms with Crippen molar-refractivity contribution in [2.75, 3.05) is 13.4 Å². The van der Waals surface area contributed by atoms with Crippen LogP contribution in [0.15, 0.2) is 12.7 Å². The van der Waals surface area contributed by atoms with Crippen LogP contribution in [0.2, 0.25) is 0 Å².